The third-order valence-electron chi connectivity index (χ3n) is 2.94. The van der Waals surface area contributed by atoms with Crippen molar-refractivity contribution in [1.29, 1.82) is 0 Å². The summed E-state index contributed by atoms with van der Waals surface area (Å²) in [7, 11) is -3.56. The molecule has 6 heteroatoms. The number of fused-ring (bicyclic) bond motifs is 1. The average molecular weight is 255 g/mol. The molecule has 0 saturated carbocycles. The van der Waals surface area contributed by atoms with E-state index in [1.54, 1.807) is 0 Å². The predicted octanol–water partition coefficient (Wildman–Crippen LogP) is -0.162. The van der Waals surface area contributed by atoms with Crippen LogP contribution >= 0.6 is 0 Å². The molecule has 2 rings (SSSR count). The summed E-state index contributed by atoms with van der Waals surface area (Å²) in [5.41, 5.74) is 2.72. The van der Waals surface area contributed by atoms with Crippen molar-refractivity contribution >= 4 is 10.2 Å². The lowest BCUT2D eigenvalue weighted by Crippen LogP contribution is -2.39. The molecule has 0 saturated heterocycles. The van der Waals surface area contributed by atoms with Gasteiger partial charge in [-0.25, -0.2) is 9.86 Å². The minimum Gasteiger partial charge on any atom is -0.297 e. The fraction of sp³-hybridized carbons (Fsp3) is 0.455. The molecular formula is C11H17N3O2S. The second-order valence-electron chi connectivity index (χ2n) is 4.23. The molecule has 0 atom stereocenters. The Bertz CT molecular complexity index is 487. The van der Waals surface area contributed by atoms with Gasteiger partial charge in [0.25, 0.3) is 10.2 Å². The molecule has 0 spiro atoms. The highest BCUT2D eigenvalue weighted by Crippen LogP contribution is 2.17. The molecule has 0 fully saturated rings. The van der Waals surface area contributed by atoms with Crippen LogP contribution in [0, 0.1) is 0 Å². The van der Waals surface area contributed by atoms with E-state index in [0.29, 0.717) is 13.1 Å². The molecule has 1 aliphatic heterocycles. The van der Waals surface area contributed by atoms with Gasteiger partial charge in [0.2, 0.25) is 0 Å². The Balaban J connectivity index is 1.86. The maximum absolute atomic E-state index is 10.7. The fourth-order valence-corrected chi connectivity index (χ4v) is 2.47. The zero-order valence-electron chi connectivity index (χ0n) is 9.59. The number of rotatable bonds is 4. The van der Waals surface area contributed by atoms with Gasteiger partial charge in [-0.15, -0.1) is 0 Å². The topological polar surface area (TPSA) is 75.4 Å². The van der Waals surface area contributed by atoms with E-state index in [2.05, 4.69) is 27.8 Å². The number of nitrogens with two attached hydrogens (primary N) is 1. The minimum absolute atomic E-state index is 0.362. The minimum atomic E-state index is -3.56. The highest BCUT2D eigenvalue weighted by Gasteiger charge is 2.15. The molecule has 1 heterocycles. The van der Waals surface area contributed by atoms with E-state index < -0.39 is 10.2 Å². The van der Waals surface area contributed by atoms with Gasteiger partial charge in [-0.2, -0.15) is 8.42 Å². The zero-order chi connectivity index (χ0) is 12.3. The predicted molar refractivity (Wildman–Crippen MR) is 66.5 cm³/mol. The molecule has 5 nitrogen and oxygen atoms in total. The normalized spacial score (nSPS) is 16.8. The highest BCUT2D eigenvalue weighted by atomic mass is 32.2. The smallest absolute Gasteiger partial charge is 0.274 e. The molecule has 94 valence electrons. The summed E-state index contributed by atoms with van der Waals surface area (Å²) < 4.78 is 23.7. The quantitative estimate of drug-likeness (QED) is 0.785. The molecule has 17 heavy (non-hydrogen) atoms. The van der Waals surface area contributed by atoms with E-state index in [0.717, 1.165) is 19.5 Å². The summed E-state index contributed by atoms with van der Waals surface area (Å²) in [6.45, 7) is 2.89. The molecule has 0 aliphatic carbocycles. The summed E-state index contributed by atoms with van der Waals surface area (Å²) in [6.07, 6.45) is 1.02. The monoisotopic (exact) mass is 255 g/mol. The van der Waals surface area contributed by atoms with E-state index in [9.17, 15) is 8.42 Å². The first-order valence-corrected chi connectivity index (χ1v) is 7.16. The van der Waals surface area contributed by atoms with Crippen LogP contribution in [0.3, 0.4) is 0 Å². The third-order valence-corrected chi connectivity index (χ3v) is 3.55. The molecule has 0 aromatic heterocycles. The van der Waals surface area contributed by atoms with Crippen molar-refractivity contribution in [3.05, 3.63) is 35.4 Å². The van der Waals surface area contributed by atoms with Gasteiger partial charge < -0.3 is 0 Å². The van der Waals surface area contributed by atoms with E-state index >= 15 is 0 Å². The van der Waals surface area contributed by atoms with Gasteiger partial charge in [-0.3, -0.25) is 4.90 Å². The lowest BCUT2D eigenvalue weighted by molar-refractivity contribution is 0.258. The van der Waals surface area contributed by atoms with Gasteiger partial charge in [0.05, 0.1) is 0 Å². The molecule has 1 aromatic rings. The first kappa shape index (κ1) is 12.5. The van der Waals surface area contributed by atoms with Crippen LogP contribution in [0.2, 0.25) is 0 Å². The average Bonchev–Trinajstić information content (AvgIpc) is 2.27. The fourth-order valence-electron chi connectivity index (χ4n) is 2.09. The van der Waals surface area contributed by atoms with E-state index in [1.165, 1.54) is 11.1 Å². The van der Waals surface area contributed by atoms with Gasteiger partial charge in [0.15, 0.2) is 0 Å². The van der Waals surface area contributed by atoms with Crippen molar-refractivity contribution in [2.45, 2.75) is 13.0 Å². The number of hydrogen-bond donors (Lipinski definition) is 2. The van der Waals surface area contributed by atoms with Gasteiger partial charge in [-0.05, 0) is 17.5 Å². The van der Waals surface area contributed by atoms with Crippen LogP contribution in [-0.4, -0.2) is 33.0 Å². The largest absolute Gasteiger partial charge is 0.297 e. The van der Waals surface area contributed by atoms with Crippen LogP contribution < -0.4 is 9.86 Å². The standard InChI is InChI=1S/C11H17N3O2S/c12-17(15,16)13-6-8-14-7-5-10-3-1-2-4-11(10)9-14/h1-4,13H,5-9H2,(H2,12,15,16). The highest BCUT2D eigenvalue weighted by molar-refractivity contribution is 7.87. The lowest BCUT2D eigenvalue weighted by atomic mass is 10.0. The Morgan fingerprint density at radius 3 is 2.71 bits per heavy atom. The molecule has 0 amide bonds. The summed E-state index contributed by atoms with van der Waals surface area (Å²) in [5.74, 6) is 0. The van der Waals surface area contributed by atoms with Crippen LogP contribution in [-0.2, 0) is 23.2 Å². The molecule has 0 unspecified atom stereocenters. The van der Waals surface area contributed by atoms with E-state index in [-0.39, 0.29) is 0 Å². The maximum atomic E-state index is 10.7. The third kappa shape index (κ3) is 3.78. The Morgan fingerprint density at radius 1 is 1.29 bits per heavy atom. The van der Waals surface area contributed by atoms with Crippen LogP contribution in [0.1, 0.15) is 11.1 Å². The van der Waals surface area contributed by atoms with Crippen LogP contribution in [0.15, 0.2) is 24.3 Å². The maximum Gasteiger partial charge on any atom is 0.274 e. The number of nitrogens with one attached hydrogen (secondary N) is 1. The zero-order valence-corrected chi connectivity index (χ0v) is 10.4. The molecule has 0 bridgehead atoms. The number of benzene rings is 1. The van der Waals surface area contributed by atoms with Gasteiger partial charge in [0.1, 0.15) is 0 Å². The number of nitrogens with zero attached hydrogens (tertiary/aromatic N) is 1. The van der Waals surface area contributed by atoms with Gasteiger partial charge >= 0.3 is 0 Å². The van der Waals surface area contributed by atoms with E-state index in [4.69, 9.17) is 5.14 Å². The van der Waals surface area contributed by atoms with Crippen molar-refractivity contribution in [3.8, 4) is 0 Å². The van der Waals surface area contributed by atoms with Crippen molar-refractivity contribution in [1.82, 2.24) is 9.62 Å². The Morgan fingerprint density at radius 2 is 2.00 bits per heavy atom. The van der Waals surface area contributed by atoms with Crippen molar-refractivity contribution in [2.24, 2.45) is 5.14 Å². The number of hydrogen-bond acceptors (Lipinski definition) is 3. The second kappa shape index (κ2) is 5.14. The van der Waals surface area contributed by atoms with Crippen molar-refractivity contribution in [3.63, 3.8) is 0 Å². The van der Waals surface area contributed by atoms with Crippen LogP contribution in [0.4, 0.5) is 0 Å². The molecule has 3 N–H and O–H groups in total. The summed E-state index contributed by atoms with van der Waals surface area (Å²) in [4.78, 5) is 2.22. The van der Waals surface area contributed by atoms with Gasteiger partial charge in [0, 0.05) is 26.2 Å². The Labute approximate surface area is 102 Å². The molecule has 1 aromatic carbocycles. The summed E-state index contributed by atoms with van der Waals surface area (Å²) in [6, 6.07) is 8.35. The Hall–Kier alpha value is -0.950. The van der Waals surface area contributed by atoms with Crippen molar-refractivity contribution in [2.75, 3.05) is 19.6 Å². The van der Waals surface area contributed by atoms with Crippen LogP contribution in [0.25, 0.3) is 0 Å². The van der Waals surface area contributed by atoms with Crippen LogP contribution in [0.5, 0.6) is 0 Å². The van der Waals surface area contributed by atoms with E-state index in [1.807, 2.05) is 6.07 Å². The first-order chi connectivity index (χ1) is 8.04. The molecule has 0 radical (unpaired) electrons. The lowest BCUT2D eigenvalue weighted by Gasteiger charge is -2.28. The summed E-state index contributed by atoms with van der Waals surface area (Å²) in [5, 5.41) is 4.87. The molecular weight excluding hydrogens is 238 g/mol. The first-order valence-electron chi connectivity index (χ1n) is 5.61. The SMILES string of the molecule is NS(=O)(=O)NCCN1CCc2ccccc2C1. The van der Waals surface area contributed by atoms with Crippen molar-refractivity contribution < 1.29 is 8.42 Å². The Kier molecular flexibility index (Phi) is 3.78. The molecule has 1 aliphatic rings. The second-order valence-corrected chi connectivity index (χ2v) is 5.61. The van der Waals surface area contributed by atoms with Gasteiger partial charge in [-0.1, -0.05) is 24.3 Å². The summed E-state index contributed by atoms with van der Waals surface area (Å²) >= 11 is 0.